The SMILES string of the molecule is Cc1c(C#N)c2ccccc2n1CC(=O)N1CCO[C@H]2C[C@H](CO)C[C@@H]21. The number of hydrogen-bond donors (Lipinski definition) is 1. The molecule has 26 heavy (non-hydrogen) atoms. The van der Waals surface area contributed by atoms with Gasteiger partial charge in [-0.25, -0.2) is 0 Å². The van der Waals surface area contributed by atoms with Crippen LogP contribution in [-0.4, -0.2) is 52.4 Å². The summed E-state index contributed by atoms with van der Waals surface area (Å²) in [5.74, 6) is 0.257. The van der Waals surface area contributed by atoms with Gasteiger partial charge in [-0.1, -0.05) is 18.2 Å². The molecule has 1 aliphatic heterocycles. The number of benzene rings is 1. The van der Waals surface area contributed by atoms with Crippen LogP contribution in [0.4, 0.5) is 0 Å². The maximum absolute atomic E-state index is 13.1. The zero-order valence-corrected chi connectivity index (χ0v) is 14.9. The van der Waals surface area contributed by atoms with Gasteiger partial charge in [-0.3, -0.25) is 4.79 Å². The predicted octanol–water partition coefficient (Wildman–Crippen LogP) is 1.82. The predicted molar refractivity (Wildman–Crippen MR) is 96.4 cm³/mol. The lowest BCUT2D eigenvalue weighted by Crippen LogP contribution is -2.52. The minimum absolute atomic E-state index is 0.0297. The Morgan fingerprint density at radius 2 is 2.19 bits per heavy atom. The van der Waals surface area contributed by atoms with Gasteiger partial charge in [-0.15, -0.1) is 0 Å². The second-order valence-electron chi connectivity index (χ2n) is 7.26. The third-order valence-corrected chi connectivity index (χ3v) is 5.85. The Hall–Kier alpha value is -2.36. The fourth-order valence-corrected chi connectivity index (χ4v) is 4.51. The number of carbonyl (C=O) groups is 1. The molecule has 4 rings (SSSR count). The van der Waals surface area contributed by atoms with E-state index in [0.29, 0.717) is 18.7 Å². The standard InChI is InChI=1S/C20H23N3O3/c1-13-16(10-21)15-4-2-3-5-17(15)23(13)11-20(25)22-6-7-26-19-9-14(12-24)8-18(19)22/h2-5,14,18-19,24H,6-9,11-12H2,1H3/t14-,18+,19+/m1/s1. The van der Waals surface area contributed by atoms with Gasteiger partial charge in [0.25, 0.3) is 0 Å². The molecule has 1 amide bonds. The fraction of sp³-hybridized carbons (Fsp3) is 0.500. The Morgan fingerprint density at radius 3 is 2.96 bits per heavy atom. The van der Waals surface area contributed by atoms with E-state index in [4.69, 9.17) is 4.74 Å². The van der Waals surface area contributed by atoms with Gasteiger partial charge in [-0.2, -0.15) is 5.26 Å². The van der Waals surface area contributed by atoms with Gasteiger partial charge in [0.05, 0.1) is 29.8 Å². The quantitative estimate of drug-likeness (QED) is 0.913. The molecule has 0 bridgehead atoms. The Morgan fingerprint density at radius 1 is 1.38 bits per heavy atom. The van der Waals surface area contributed by atoms with E-state index in [1.54, 1.807) is 0 Å². The number of morpholine rings is 1. The second-order valence-corrected chi connectivity index (χ2v) is 7.26. The molecule has 2 aliphatic rings. The summed E-state index contributed by atoms with van der Waals surface area (Å²) in [5, 5.41) is 19.8. The van der Waals surface area contributed by atoms with Crippen LogP contribution in [0.25, 0.3) is 10.9 Å². The van der Waals surface area contributed by atoms with Crippen LogP contribution in [0.1, 0.15) is 24.1 Å². The number of rotatable bonds is 3. The smallest absolute Gasteiger partial charge is 0.242 e. The lowest BCUT2D eigenvalue weighted by molar-refractivity contribution is -0.144. The molecule has 1 aromatic carbocycles. The Balaban J connectivity index is 1.62. The van der Waals surface area contributed by atoms with Crippen molar-refractivity contribution in [1.29, 1.82) is 5.26 Å². The van der Waals surface area contributed by atoms with Crippen LogP contribution in [0.15, 0.2) is 24.3 Å². The van der Waals surface area contributed by atoms with E-state index >= 15 is 0 Å². The third kappa shape index (κ3) is 2.68. The summed E-state index contributed by atoms with van der Waals surface area (Å²) in [5.41, 5.74) is 2.38. The second kappa shape index (κ2) is 6.75. The largest absolute Gasteiger partial charge is 0.396 e. The van der Waals surface area contributed by atoms with Gasteiger partial charge >= 0.3 is 0 Å². The Labute approximate surface area is 152 Å². The maximum Gasteiger partial charge on any atom is 0.242 e. The molecule has 0 radical (unpaired) electrons. The molecule has 2 heterocycles. The number of aliphatic hydroxyl groups excluding tert-OH is 1. The average molecular weight is 353 g/mol. The zero-order valence-electron chi connectivity index (χ0n) is 14.9. The molecule has 3 atom stereocenters. The summed E-state index contributed by atoms with van der Waals surface area (Å²) in [4.78, 5) is 15.0. The molecule has 136 valence electrons. The number of nitrogens with zero attached hydrogens (tertiary/aromatic N) is 3. The highest BCUT2D eigenvalue weighted by atomic mass is 16.5. The van der Waals surface area contributed by atoms with Gasteiger partial charge < -0.3 is 19.3 Å². The van der Waals surface area contributed by atoms with Crippen molar-refractivity contribution < 1.29 is 14.6 Å². The molecule has 0 spiro atoms. The summed E-state index contributed by atoms with van der Waals surface area (Å²) in [7, 11) is 0. The third-order valence-electron chi connectivity index (χ3n) is 5.85. The number of para-hydroxylation sites is 1. The van der Waals surface area contributed by atoms with E-state index in [-0.39, 0.29) is 37.1 Å². The first-order valence-corrected chi connectivity index (χ1v) is 9.14. The molecule has 1 saturated carbocycles. The number of ether oxygens (including phenoxy) is 1. The highest BCUT2D eigenvalue weighted by Crippen LogP contribution is 2.34. The van der Waals surface area contributed by atoms with Crippen LogP contribution in [0, 0.1) is 24.2 Å². The van der Waals surface area contributed by atoms with Crippen molar-refractivity contribution in [3.63, 3.8) is 0 Å². The van der Waals surface area contributed by atoms with E-state index in [1.165, 1.54) is 0 Å². The first-order chi connectivity index (χ1) is 12.6. The molecule has 1 aliphatic carbocycles. The highest BCUT2D eigenvalue weighted by Gasteiger charge is 2.42. The van der Waals surface area contributed by atoms with E-state index in [0.717, 1.165) is 29.4 Å². The van der Waals surface area contributed by atoms with Gasteiger partial charge in [0.1, 0.15) is 12.6 Å². The van der Waals surface area contributed by atoms with Gasteiger partial charge in [0, 0.05) is 24.2 Å². The molecule has 1 N–H and O–H groups in total. The number of amides is 1. The van der Waals surface area contributed by atoms with Gasteiger partial charge in [-0.05, 0) is 31.7 Å². The molecule has 2 fully saturated rings. The minimum atomic E-state index is 0.0297. The van der Waals surface area contributed by atoms with Crippen molar-refractivity contribution in [2.45, 2.75) is 38.5 Å². The number of aromatic nitrogens is 1. The summed E-state index contributed by atoms with van der Waals surface area (Å²) in [6.45, 7) is 3.39. The lowest BCUT2D eigenvalue weighted by Gasteiger charge is -2.37. The average Bonchev–Trinajstić information content (AvgIpc) is 3.20. The summed E-state index contributed by atoms with van der Waals surface area (Å²) in [6.07, 6.45) is 1.64. The topological polar surface area (TPSA) is 78.5 Å². The van der Waals surface area contributed by atoms with Crippen molar-refractivity contribution in [2.75, 3.05) is 19.8 Å². The first kappa shape index (κ1) is 17.1. The maximum atomic E-state index is 13.1. The molecular weight excluding hydrogens is 330 g/mol. The zero-order chi connectivity index (χ0) is 18.3. The molecular formula is C20H23N3O3. The van der Waals surface area contributed by atoms with Crippen molar-refractivity contribution >= 4 is 16.8 Å². The normalized spacial score (nSPS) is 25.3. The van der Waals surface area contributed by atoms with E-state index < -0.39 is 0 Å². The van der Waals surface area contributed by atoms with Crippen molar-refractivity contribution in [3.8, 4) is 6.07 Å². The van der Waals surface area contributed by atoms with Crippen LogP contribution in [0.5, 0.6) is 0 Å². The van der Waals surface area contributed by atoms with E-state index in [1.807, 2.05) is 40.7 Å². The molecule has 0 unspecified atom stereocenters. The molecule has 6 nitrogen and oxygen atoms in total. The van der Waals surface area contributed by atoms with Crippen LogP contribution in [-0.2, 0) is 16.1 Å². The lowest BCUT2D eigenvalue weighted by atomic mass is 10.1. The number of nitriles is 1. The summed E-state index contributed by atoms with van der Waals surface area (Å²) >= 11 is 0. The van der Waals surface area contributed by atoms with Crippen molar-refractivity contribution in [1.82, 2.24) is 9.47 Å². The van der Waals surface area contributed by atoms with Gasteiger partial charge in [0.2, 0.25) is 5.91 Å². The van der Waals surface area contributed by atoms with Crippen LogP contribution in [0.2, 0.25) is 0 Å². The number of carbonyl (C=O) groups excluding carboxylic acids is 1. The van der Waals surface area contributed by atoms with Crippen LogP contribution in [0.3, 0.4) is 0 Å². The van der Waals surface area contributed by atoms with Crippen LogP contribution >= 0.6 is 0 Å². The monoisotopic (exact) mass is 353 g/mol. The number of aliphatic hydroxyl groups is 1. The number of fused-ring (bicyclic) bond motifs is 2. The molecule has 1 saturated heterocycles. The highest BCUT2D eigenvalue weighted by molar-refractivity contribution is 5.89. The number of hydrogen-bond acceptors (Lipinski definition) is 4. The minimum Gasteiger partial charge on any atom is -0.396 e. The molecule has 1 aromatic heterocycles. The van der Waals surface area contributed by atoms with Crippen molar-refractivity contribution in [2.24, 2.45) is 5.92 Å². The van der Waals surface area contributed by atoms with E-state index in [2.05, 4.69) is 6.07 Å². The molecule has 2 aromatic rings. The Bertz CT molecular complexity index is 882. The first-order valence-electron chi connectivity index (χ1n) is 9.14. The van der Waals surface area contributed by atoms with Crippen LogP contribution < -0.4 is 0 Å². The van der Waals surface area contributed by atoms with Crippen molar-refractivity contribution in [3.05, 3.63) is 35.5 Å². The molecule has 6 heteroatoms. The van der Waals surface area contributed by atoms with Gasteiger partial charge in [0.15, 0.2) is 0 Å². The fourth-order valence-electron chi connectivity index (χ4n) is 4.51. The summed E-state index contributed by atoms with van der Waals surface area (Å²) < 4.78 is 7.77. The Kier molecular flexibility index (Phi) is 4.43. The summed E-state index contributed by atoms with van der Waals surface area (Å²) in [6, 6.07) is 10.0. The van der Waals surface area contributed by atoms with E-state index in [9.17, 15) is 15.2 Å².